The highest BCUT2D eigenvalue weighted by atomic mass is 35.5. The molecule has 0 spiro atoms. The first-order valence-electron chi connectivity index (χ1n) is 3.67. The second kappa shape index (κ2) is 4.58. The van der Waals surface area contributed by atoms with Gasteiger partial charge < -0.3 is 0 Å². The van der Waals surface area contributed by atoms with Gasteiger partial charge in [0.2, 0.25) is 5.24 Å². The predicted octanol–water partition coefficient (Wildman–Crippen LogP) is 2.74. The van der Waals surface area contributed by atoms with Gasteiger partial charge in [-0.05, 0) is 35.7 Å². The number of hydrogen-bond acceptors (Lipinski definition) is 1. The molecule has 4 heteroatoms. The number of benzene rings is 1. The highest BCUT2D eigenvalue weighted by Gasteiger charge is 2.12. The van der Waals surface area contributed by atoms with Crippen LogP contribution in [-0.4, -0.2) is 10.6 Å². The van der Waals surface area contributed by atoms with Crippen molar-refractivity contribution >= 4 is 28.4 Å². The molecule has 13 heavy (non-hydrogen) atoms. The van der Waals surface area contributed by atoms with Crippen LogP contribution in [0.25, 0.3) is 0 Å². The lowest BCUT2D eigenvalue weighted by Crippen LogP contribution is -2.11. The van der Waals surface area contributed by atoms with Crippen LogP contribution in [0, 0.1) is 5.82 Å². The molecule has 1 rings (SSSR count). The van der Waals surface area contributed by atoms with E-state index in [0.717, 1.165) is 0 Å². The highest BCUT2D eigenvalue weighted by molar-refractivity contribution is 6.69. The molecule has 0 amide bonds. The molecule has 70 valence electrons. The van der Waals surface area contributed by atoms with Gasteiger partial charge in [0, 0.05) is 0 Å². The van der Waals surface area contributed by atoms with Crippen molar-refractivity contribution in [3.05, 3.63) is 35.6 Å². The lowest BCUT2D eigenvalue weighted by molar-refractivity contribution is -0.111. The van der Waals surface area contributed by atoms with Gasteiger partial charge in [-0.1, -0.05) is 12.1 Å². The normalized spacial score (nSPS) is 12.5. The molecule has 1 unspecified atom stereocenters. The zero-order valence-electron chi connectivity index (χ0n) is 6.64. The van der Waals surface area contributed by atoms with Crippen molar-refractivity contribution in [1.82, 2.24) is 0 Å². The zero-order chi connectivity index (χ0) is 9.84. The molecule has 0 heterocycles. The summed E-state index contributed by atoms with van der Waals surface area (Å²) in [5.41, 5.74) is 0.661. The summed E-state index contributed by atoms with van der Waals surface area (Å²) in [6, 6.07) is 5.91. The van der Waals surface area contributed by atoms with E-state index in [1.54, 1.807) is 12.1 Å². The van der Waals surface area contributed by atoms with E-state index in [9.17, 15) is 9.18 Å². The molecule has 1 aromatic rings. The van der Waals surface area contributed by atoms with Crippen molar-refractivity contribution in [3.63, 3.8) is 0 Å². The van der Waals surface area contributed by atoms with Crippen molar-refractivity contribution in [1.29, 1.82) is 0 Å². The molecule has 0 fully saturated rings. The second-order valence-electron chi connectivity index (χ2n) is 2.61. The summed E-state index contributed by atoms with van der Waals surface area (Å²) in [6.07, 6.45) is 0.252. The van der Waals surface area contributed by atoms with Crippen LogP contribution in [0.3, 0.4) is 0 Å². The maximum Gasteiger partial charge on any atom is 0.239 e. The van der Waals surface area contributed by atoms with Crippen LogP contribution in [-0.2, 0) is 11.2 Å². The Morgan fingerprint density at radius 3 is 2.77 bits per heavy atom. The van der Waals surface area contributed by atoms with Crippen LogP contribution < -0.4 is 0 Å². The molecule has 1 atom stereocenters. The van der Waals surface area contributed by atoms with Crippen molar-refractivity contribution in [3.8, 4) is 0 Å². The van der Waals surface area contributed by atoms with Gasteiger partial charge in [-0.3, -0.25) is 4.79 Å². The molecular weight excluding hydrogens is 214 g/mol. The van der Waals surface area contributed by atoms with Crippen molar-refractivity contribution in [2.45, 2.75) is 11.8 Å². The van der Waals surface area contributed by atoms with E-state index in [1.165, 1.54) is 12.1 Å². The second-order valence-corrected chi connectivity index (χ2v) is 3.51. The fourth-order valence-corrected chi connectivity index (χ4v) is 1.21. The van der Waals surface area contributed by atoms with E-state index in [-0.39, 0.29) is 12.2 Å². The summed E-state index contributed by atoms with van der Waals surface area (Å²) >= 11 is 10.8. The molecule has 0 aliphatic carbocycles. The van der Waals surface area contributed by atoms with Gasteiger partial charge >= 0.3 is 0 Å². The Morgan fingerprint density at radius 1 is 1.54 bits per heavy atom. The average Bonchev–Trinajstić information content (AvgIpc) is 2.04. The third kappa shape index (κ3) is 3.33. The molecule has 1 nitrogen and oxygen atoms in total. The lowest BCUT2D eigenvalue weighted by Gasteiger charge is -2.03. The minimum atomic E-state index is -0.788. The fraction of sp³-hybridized carbons (Fsp3) is 0.222. The predicted molar refractivity (Wildman–Crippen MR) is 50.6 cm³/mol. The average molecular weight is 221 g/mol. The topological polar surface area (TPSA) is 17.1 Å². The number of alkyl halides is 1. The summed E-state index contributed by atoms with van der Waals surface area (Å²) in [4.78, 5) is 10.6. The first-order chi connectivity index (χ1) is 6.09. The van der Waals surface area contributed by atoms with Gasteiger partial charge in [-0.15, -0.1) is 11.6 Å². The van der Waals surface area contributed by atoms with Gasteiger partial charge in [-0.2, -0.15) is 0 Å². The monoisotopic (exact) mass is 220 g/mol. The van der Waals surface area contributed by atoms with Gasteiger partial charge in [0.05, 0.1) is 0 Å². The molecule has 0 bridgehead atoms. The Morgan fingerprint density at radius 2 is 2.23 bits per heavy atom. The standard InChI is InChI=1S/C9H7Cl2FO/c10-8(9(11)13)5-6-2-1-3-7(12)4-6/h1-4,8H,5H2. The number of rotatable bonds is 3. The lowest BCUT2D eigenvalue weighted by atomic mass is 10.1. The summed E-state index contributed by atoms with van der Waals surface area (Å²) < 4.78 is 12.7. The van der Waals surface area contributed by atoms with Crippen LogP contribution in [0.2, 0.25) is 0 Å². The summed E-state index contributed by atoms with van der Waals surface area (Å²) in [6.45, 7) is 0. The largest absolute Gasteiger partial charge is 0.280 e. The highest BCUT2D eigenvalue weighted by Crippen LogP contribution is 2.11. The SMILES string of the molecule is O=C(Cl)C(Cl)Cc1cccc(F)c1. The van der Waals surface area contributed by atoms with Gasteiger partial charge in [0.15, 0.2) is 0 Å². The molecule has 0 saturated heterocycles. The summed E-state index contributed by atoms with van der Waals surface area (Å²) in [5, 5.41) is -1.41. The maximum absolute atomic E-state index is 12.7. The fourth-order valence-electron chi connectivity index (χ4n) is 0.951. The van der Waals surface area contributed by atoms with E-state index >= 15 is 0 Å². The van der Waals surface area contributed by atoms with Crippen molar-refractivity contribution in [2.24, 2.45) is 0 Å². The Balaban J connectivity index is 2.69. The summed E-state index contributed by atoms with van der Waals surface area (Å²) in [7, 11) is 0. The van der Waals surface area contributed by atoms with Crippen LogP contribution >= 0.6 is 23.2 Å². The molecule has 0 aromatic heterocycles. The molecule has 0 N–H and O–H groups in total. The zero-order valence-corrected chi connectivity index (χ0v) is 8.15. The van der Waals surface area contributed by atoms with E-state index < -0.39 is 10.6 Å². The molecule has 0 radical (unpaired) electrons. The van der Waals surface area contributed by atoms with E-state index in [0.29, 0.717) is 5.56 Å². The van der Waals surface area contributed by atoms with Crippen LogP contribution in [0.5, 0.6) is 0 Å². The van der Waals surface area contributed by atoms with Gasteiger partial charge in [-0.25, -0.2) is 4.39 Å². The minimum Gasteiger partial charge on any atom is -0.280 e. The van der Waals surface area contributed by atoms with Crippen LogP contribution in [0.4, 0.5) is 4.39 Å². The van der Waals surface area contributed by atoms with Gasteiger partial charge in [0.25, 0.3) is 0 Å². The molecule has 1 aromatic carbocycles. The Hall–Kier alpha value is -0.600. The molecule has 0 aliphatic heterocycles. The van der Waals surface area contributed by atoms with E-state index in [1.807, 2.05) is 0 Å². The third-order valence-electron chi connectivity index (χ3n) is 1.55. The smallest absolute Gasteiger partial charge is 0.239 e. The third-order valence-corrected chi connectivity index (χ3v) is 2.28. The Bertz CT molecular complexity index is 314. The number of halogens is 3. The number of carbonyl (C=O) groups excluding carboxylic acids is 1. The van der Waals surface area contributed by atoms with Crippen molar-refractivity contribution in [2.75, 3.05) is 0 Å². The molecule has 0 saturated carbocycles. The number of hydrogen-bond donors (Lipinski definition) is 0. The van der Waals surface area contributed by atoms with Crippen LogP contribution in [0.15, 0.2) is 24.3 Å². The van der Waals surface area contributed by atoms with Crippen molar-refractivity contribution < 1.29 is 9.18 Å². The first kappa shape index (κ1) is 10.5. The quantitative estimate of drug-likeness (QED) is 0.566. The van der Waals surface area contributed by atoms with Crippen LogP contribution in [0.1, 0.15) is 5.56 Å². The Kier molecular flexibility index (Phi) is 3.70. The van der Waals surface area contributed by atoms with E-state index in [4.69, 9.17) is 23.2 Å². The molecule has 0 aliphatic rings. The molecular formula is C9H7Cl2FO. The Labute approximate surface area is 85.5 Å². The number of carbonyl (C=O) groups is 1. The summed E-state index contributed by atoms with van der Waals surface area (Å²) in [5.74, 6) is -0.344. The van der Waals surface area contributed by atoms with Gasteiger partial charge in [0.1, 0.15) is 11.2 Å². The first-order valence-corrected chi connectivity index (χ1v) is 4.49. The maximum atomic E-state index is 12.7. The minimum absolute atomic E-state index is 0.252. The van der Waals surface area contributed by atoms with E-state index in [2.05, 4.69) is 0 Å².